The minimum Gasteiger partial charge on any atom is -0.534 e. The summed E-state index contributed by atoms with van der Waals surface area (Å²) in [6.07, 6.45) is -4.90. The summed E-state index contributed by atoms with van der Waals surface area (Å²) < 4.78 is 44.9. The van der Waals surface area contributed by atoms with Gasteiger partial charge in [-0.3, -0.25) is 4.79 Å². The van der Waals surface area contributed by atoms with E-state index in [9.17, 15) is 18.0 Å². The summed E-state index contributed by atoms with van der Waals surface area (Å²) in [6.45, 7) is 6.34. The van der Waals surface area contributed by atoms with E-state index in [0.29, 0.717) is 5.75 Å². The van der Waals surface area contributed by atoms with E-state index in [1.165, 1.54) is 24.3 Å². The number of carbonyl (C=O) groups excluding carboxylic acids is 1. The summed E-state index contributed by atoms with van der Waals surface area (Å²) in [5.74, 6) is -1.43. The van der Waals surface area contributed by atoms with Crippen LogP contribution in [0.1, 0.15) is 31.1 Å². The third-order valence-corrected chi connectivity index (χ3v) is 10.0. The Bertz CT molecular complexity index is 953. The number of carbonyl (C=O) groups is 1. The van der Waals surface area contributed by atoms with Crippen LogP contribution in [0.15, 0.2) is 84.9 Å². The number of rotatable bonds is 5. The Labute approximate surface area is 175 Å². The highest BCUT2D eigenvalue weighted by molar-refractivity contribution is 7.00. The van der Waals surface area contributed by atoms with Crippen molar-refractivity contribution in [1.29, 1.82) is 0 Å². The maximum Gasteiger partial charge on any atom is 0.454 e. The van der Waals surface area contributed by atoms with E-state index in [-0.39, 0.29) is 5.04 Å². The van der Waals surface area contributed by atoms with Crippen LogP contribution in [0.2, 0.25) is 5.04 Å². The zero-order chi connectivity index (χ0) is 22.0. The molecule has 0 radical (unpaired) electrons. The molecule has 2 nitrogen and oxygen atoms in total. The van der Waals surface area contributed by atoms with Gasteiger partial charge in [0.05, 0.1) is 0 Å². The van der Waals surface area contributed by atoms with Crippen molar-refractivity contribution < 1.29 is 22.4 Å². The molecule has 0 aromatic heterocycles. The molecule has 0 saturated carbocycles. The molecule has 0 N–H and O–H groups in total. The lowest BCUT2D eigenvalue weighted by atomic mass is 10.1. The third kappa shape index (κ3) is 4.19. The van der Waals surface area contributed by atoms with Gasteiger partial charge in [0, 0.05) is 5.56 Å². The minimum atomic E-state index is -4.90. The predicted octanol–water partition coefficient (Wildman–Crippen LogP) is 5.37. The fourth-order valence-corrected chi connectivity index (χ4v) is 8.08. The van der Waals surface area contributed by atoms with Gasteiger partial charge in [0.2, 0.25) is 0 Å². The molecule has 6 heteroatoms. The second-order valence-corrected chi connectivity index (χ2v) is 12.3. The maximum atomic E-state index is 12.7. The molecule has 0 aliphatic heterocycles. The summed E-state index contributed by atoms with van der Waals surface area (Å²) in [7, 11) is -2.88. The fraction of sp³-hybridized carbons (Fsp3) is 0.208. The zero-order valence-corrected chi connectivity index (χ0v) is 18.0. The van der Waals surface area contributed by atoms with Crippen LogP contribution in [0.4, 0.5) is 13.2 Å². The topological polar surface area (TPSA) is 26.3 Å². The van der Waals surface area contributed by atoms with Crippen molar-refractivity contribution >= 4 is 24.5 Å². The molecule has 30 heavy (non-hydrogen) atoms. The van der Waals surface area contributed by atoms with Gasteiger partial charge in [0.25, 0.3) is 5.78 Å². The smallest absolute Gasteiger partial charge is 0.454 e. The maximum absolute atomic E-state index is 12.7. The molecule has 0 heterocycles. The number of alkyl halides is 3. The van der Waals surface area contributed by atoms with E-state index >= 15 is 0 Å². The molecular weight excluding hydrogens is 405 g/mol. The van der Waals surface area contributed by atoms with Crippen molar-refractivity contribution in [3.63, 3.8) is 0 Å². The zero-order valence-electron chi connectivity index (χ0n) is 17.0. The highest BCUT2D eigenvalue weighted by atomic mass is 28.4. The average Bonchev–Trinajstić information content (AvgIpc) is 2.71. The van der Waals surface area contributed by atoms with Crippen LogP contribution in [0.25, 0.3) is 0 Å². The Hall–Kier alpha value is -2.86. The summed E-state index contributed by atoms with van der Waals surface area (Å²) in [5, 5.41) is 1.83. The molecule has 0 aliphatic rings. The van der Waals surface area contributed by atoms with E-state index in [1.54, 1.807) is 0 Å². The lowest BCUT2D eigenvalue weighted by Gasteiger charge is -2.43. The van der Waals surface area contributed by atoms with Crippen molar-refractivity contribution in [2.75, 3.05) is 0 Å². The van der Waals surface area contributed by atoms with Crippen LogP contribution >= 0.6 is 0 Å². The first-order chi connectivity index (χ1) is 14.1. The van der Waals surface area contributed by atoms with Crippen LogP contribution in [-0.2, 0) is 0 Å². The lowest BCUT2D eigenvalue weighted by molar-refractivity contribution is -0.0885. The van der Waals surface area contributed by atoms with Crippen LogP contribution < -0.4 is 14.8 Å². The molecular formula is C24H23F3O2Si. The molecule has 3 aromatic rings. The summed E-state index contributed by atoms with van der Waals surface area (Å²) in [5.41, 5.74) is -0.405. The van der Waals surface area contributed by atoms with Gasteiger partial charge in [-0.25, -0.2) is 0 Å². The Kier molecular flexibility index (Phi) is 5.90. The summed E-state index contributed by atoms with van der Waals surface area (Å²) in [4.78, 5) is 11.5. The second kappa shape index (κ2) is 8.11. The molecule has 3 rings (SSSR count). The monoisotopic (exact) mass is 428 g/mol. The Balaban J connectivity index is 2.12. The third-order valence-electron chi connectivity index (χ3n) is 5.06. The van der Waals surface area contributed by atoms with Crippen molar-refractivity contribution in [3.8, 4) is 5.75 Å². The first-order valence-corrected chi connectivity index (χ1v) is 11.5. The van der Waals surface area contributed by atoms with Gasteiger partial charge in [-0.15, -0.1) is 0 Å². The van der Waals surface area contributed by atoms with Gasteiger partial charge < -0.3 is 4.43 Å². The van der Waals surface area contributed by atoms with E-state index in [0.717, 1.165) is 10.4 Å². The summed E-state index contributed by atoms with van der Waals surface area (Å²) >= 11 is 0. The van der Waals surface area contributed by atoms with Gasteiger partial charge in [0.1, 0.15) is 5.75 Å². The summed E-state index contributed by atoms with van der Waals surface area (Å²) in [6, 6.07) is 25.1. The average molecular weight is 429 g/mol. The van der Waals surface area contributed by atoms with Crippen LogP contribution in [-0.4, -0.2) is 20.3 Å². The largest absolute Gasteiger partial charge is 0.534 e. The Morgan fingerprint density at radius 3 is 1.53 bits per heavy atom. The van der Waals surface area contributed by atoms with Gasteiger partial charge >= 0.3 is 14.5 Å². The van der Waals surface area contributed by atoms with Crippen molar-refractivity contribution in [1.82, 2.24) is 0 Å². The standard InChI is InChI=1S/C24H23F3O2Si/c1-23(2,3)30(20-10-6-4-7-11-20,21-12-8-5-9-13-21)29-19-16-14-18(15-17-19)22(28)24(25,26)27/h4-17H,1-3H3. The number of Topliss-reactive ketones (excluding diaryl/α,β-unsaturated/α-hetero) is 1. The van der Waals surface area contributed by atoms with Crippen LogP contribution in [0.5, 0.6) is 5.75 Å². The van der Waals surface area contributed by atoms with Crippen LogP contribution in [0.3, 0.4) is 0 Å². The quantitative estimate of drug-likeness (QED) is 0.403. The first-order valence-electron chi connectivity index (χ1n) is 9.57. The first kappa shape index (κ1) is 21.8. The van der Waals surface area contributed by atoms with Crippen molar-refractivity contribution in [3.05, 3.63) is 90.5 Å². The van der Waals surface area contributed by atoms with Gasteiger partial charge in [-0.2, -0.15) is 13.2 Å². The molecule has 0 amide bonds. The minimum absolute atomic E-state index is 0.282. The van der Waals surface area contributed by atoms with Crippen LogP contribution in [0, 0.1) is 0 Å². The SMILES string of the molecule is CC(C)(C)[Si](Oc1ccc(C(=O)C(F)(F)F)cc1)(c1ccccc1)c1ccccc1. The fourth-order valence-electron chi connectivity index (χ4n) is 3.66. The second-order valence-electron chi connectivity index (χ2n) is 8.12. The van der Waals surface area contributed by atoms with E-state index in [4.69, 9.17) is 4.43 Å². The normalized spacial score (nSPS) is 12.5. The molecule has 0 fully saturated rings. The number of hydrogen-bond donors (Lipinski definition) is 0. The predicted molar refractivity (Wildman–Crippen MR) is 115 cm³/mol. The van der Waals surface area contributed by atoms with Crippen molar-refractivity contribution in [2.24, 2.45) is 0 Å². The van der Waals surface area contributed by atoms with Gasteiger partial charge in [0.15, 0.2) is 0 Å². The van der Waals surface area contributed by atoms with Gasteiger partial charge in [-0.05, 0) is 39.7 Å². The van der Waals surface area contributed by atoms with E-state index in [2.05, 4.69) is 20.8 Å². The molecule has 0 saturated heterocycles. The number of halogens is 3. The molecule has 156 valence electrons. The van der Waals surface area contributed by atoms with Gasteiger partial charge in [-0.1, -0.05) is 81.4 Å². The van der Waals surface area contributed by atoms with Crippen molar-refractivity contribution in [2.45, 2.75) is 32.0 Å². The highest BCUT2D eigenvalue weighted by Gasteiger charge is 2.52. The van der Waals surface area contributed by atoms with E-state index in [1.807, 2.05) is 60.7 Å². The number of ketones is 1. The Morgan fingerprint density at radius 1 is 0.733 bits per heavy atom. The molecule has 0 spiro atoms. The highest BCUT2D eigenvalue weighted by Crippen LogP contribution is 2.37. The molecule has 0 aliphatic carbocycles. The lowest BCUT2D eigenvalue weighted by Crippen LogP contribution is -2.68. The Morgan fingerprint density at radius 2 is 1.17 bits per heavy atom. The molecule has 0 unspecified atom stereocenters. The van der Waals surface area contributed by atoms with E-state index < -0.39 is 25.8 Å². The molecule has 0 bridgehead atoms. The number of benzene rings is 3. The molecule has 3 aromatic carbocycles. The molecule has 0 atom stereocenters. The number of hydrogen-bond acceptors (Lipinski definition) is 2.